The lowest BCUT2D eigenvalue weighted by Crippen LogP contribution is -1.93. The van der Waals surface area contributed by atoms with Crippen molar-refractivity contribution in [2.45, 2.75) is 0 Å². The molecule has 0 atom stereocenters. The Hall–Kier alpha value is -5.87. The molecule has 43 heavy (non-hydrogen) atoms. The largest absolute Gasteiger partial charge is 0.456 e. The minimum Gasteiger partial charge on any atom is -0.456 e. The van der Waals surface area contributed by atoms with Gasteiger partial charge in [-0.2, -0.15) is 4.98 Å². The maximum Gasteiger partial charge on any atom is 0.307 e. The molecular weight excluding hydrogens is 528 g/mol. The van der Waals surface area contributed by atoms with Gasteiger partial charge < -0.3 is 8.83 Å². The van der Waals surface area contributed by atoms with Gasteiger partial charge in [-0.15, -0.1) is 0 Å². The molecule has 0 aliphatic heterocycles. The maximum absolute atomic E-state index is 6.62. The van der Waals surface area contributed by atoms with Crippen molar-refractivity contribution in [3.63, 3.8) is 0 Å². The van der Waals surface area contributed by atoms with E-state index in [4.69, 9.17) is 13.8 Å². The summed E-state index contributed by atoms with van der Waals surface area (Å²) in [7, 11) is 0. The minimum atomic E-state index is 0.544. The average Bonchev–Trinajstić information content (AvgIpc) is 3.75. The third-order valence-corrected chi connectivity index (χ3v) is 8.83. The van der Waals surface area contributed by atoms with Crippen molar-refractivity contribution in [3.8, 4) is 17.1 Å². The fourth-order valence-corrected chi connectivity index (χ4v) is 6.92. The Labute approximate surface area is 245 Å². The van der Waals surface area contributed by atoms with Crippen LogP contribution in [0.5, 0.6) is 0 Å². The molecule has 0 aliphatic rings. The highest BCUT2D eigenvalue weighted by Crippen LogP contribution is 2.40. The molecule has 0 unspecified atom stereocenters. The highest BCUT2D eigenvalue weighted by Gasteiger charge is 2.20. The van der Waals surface area contributed by atoms with E-state index in [0.29, 0.717) is 6.01 Å². The molecule has 0 bridgehead atoms. The second-order valence-corrected chi connectivity index (χ2v) is 11.2. The van der Waals surface area contributed by atoms with E-state index in [1.165, 1.54) is 32.7 Å². The lowest BCUT2D eigenvalue weighted by atomic mass is 9.93. The first-order valence-electron chi connectivity index (χ1n) is 14.5. The van der Waals surface area contributed by atoms with Crippen LogP contribution in [0.1, 0.15) is 0 Å². The van der Waals surface area contributed by atoms with Gasteiger partial charge in [-0.05, 0) is 75.1 Å². The Bertz CT molecular complexity index is 2740. The van der Waals surface area contributed by atoms with E-state index < -0.39 is 0 Å². The molecule has 3 aromatic heterocycles. The number of hydrogen-bond donors (Lipinski definition) is 0. The van der Waals surface area contributed by atoms with Crippen molar-refractivity contribution in [1.82, 2.24) is 9.55 Å². The van der Waals surface area contributed by atoms with Gasteiger partial charge in [0.15, 0.2) is 5.58 Å². The van der Waals surface area contributed by atoms with E-state index in [9.17, 15) is 0 Å². The van der Waals surface area contributed by atoms with E-state index in [1.54, 1.807) is 0 Å². The Kier molecular flexibility index (Phi) is 4.42. The third-order valence-electron chi connectivity index (χ3n) is 8.83. The van der Waals surface area contributed by atoms with Crippen LogP contribution in [0.25, 0.3) is 93.5 Å². The Morgan fingerprint density at radius 3 is 2.12 bits per heavy atom. The molecule has 0 spiro atoms. The molecule has 0 saturated carbocycles. The van der Waals surface area contributed by atoms with E-state index >= 15 is 0 Å². The van der Waals surface area contributed by atoms with Crippen LogP contribution in [0.4, 0.5) is 0 Å². The first-order valence-corrected chi connectivity index (χ1v) is 14.5. The fraction of sp³-hybridized carbons (Fsp3) is 0. The normalized spacial score (nSPS) is 12.2. The number of aromatic nitrogens is 2. The van der Waals surface area contributed by atoms with E-state index in [1.807, 2.05) is 30.3 Å². The summed E-state index contributed by atoms with van der Waals surface area (Å²) in [4.78, 5) is 5.00. The Morgan fingerprint density at radius 1 is 0.488 bits per heavy atom. The standard InChI is InChI=1S/C39H22N2O2/c1-2-10-25-23(9-1)21-30(27-12-4-3-11-26(25)27)24-17-19-34-31(22-24)28-13-5-7-15-33(28)41(34)39-40-32-18-20-36-37(38(32)43-39)29-14-6-8-16-35(29)42-36/h1-22H. The van der Waals surface area contributed by atoms with Crippen molar-refractivity contribution < 1.29 is 8.83 Å². The minimum absolute atomic E-state index is 0.544. The number of oxazole rings is 1. The van der Waals surface area contributed by atoms with Gasteiger partial charge >= 0.3 is 6.01 Å². The number of benzene rings is 7. The smallest absolute Gasteiger partial charge is 0.307 e. The zero-order chi connectivity index (χ0) is 28.1. The summed E-state index contributed by atoms with van der Waals surface area (Å²) in [5.74, 6) is 0. The topological polar surface area (TPSA) is 44.1 Å². The summed E-state index contributed by atoms with van der Waals surface area (Å²) < 4.78 is 14.9. The molecule has 0 amide bonds. The van der Waals surface area contributed by atoms with Crippen molar-refractivity contribution in [2.75, 3.05) is 0 Å². The van der Waals surface area contributed by atoms with Crippen LogP contribution >= 0.6 is 0 Å². The maximum atomic E-state index is 6.62. The predicted octanol–water partition coefficient (Wildman–Crippen LogP) is 10.8. The number of para-hydroxylation sites is 2. The van der Waals surface area contributed by atoms with Crippen LogP contribution in [0.15, 0.2) is 142 Å². The molecule has 200 valence electrons. The van der Waals surface area contributed by atoms with E-state index in [-0.39, 0.29) is 0 Å². The van der Waals surface area contributed by atoms with E-state index in [2.05, 4.69) is 108 Å². The summed E-state index contributed by atoms with van der Waals surface area (Å²) in [6.45, 7) is 0. The van der Waals surface area contributed by atoms with Crippen molar-refractivity contribution in [1.29, 1.82) is 0 Å². The van der Waals surface area contributed by atoms with Crippen LogP contribution in [-0.2, 0) is 0 Å². The van der Waals surface area contributed by atoms with Gasteiger partial charge in [-0.25, -0.2) is 0 Å². The number of rotatable bonds is 2. The van der Waals surface area contributed by atoms with Gasteiger partial charge in [0.2, 0.25) is 0 Å². The molecule has 0 radical (unpaired) electrons. The van der Waals surface area contributed by atoms with Crippen LogP contribution in [-0.4, -0.2) is 9.55 Å². The predicted molar refractivity (Wildman–Crippen MR) is 176 cm³/mol. The number of furan rings is 1. The lowest BCUT2D eigenvalue weighted by molar-refractivity contribution is 0.577. The van der Waals surface area contributed by atoms with Gasteiger partial charge in [-0.3, -0.25) is 4.57 Å². The summed E-state index contributed by atoms with van der Waals surface area (Å²) in [6, 6.07) is 47.4. The van der Waals surface area contributed by atoms with Gasteiger partial charge in [0, 0.05) is 16.2 Å². The van der Waals surface area contributed by atoms with Crippen LogP contribution in [0.2, 0.25) is 0 Å². The average molecular weight is 551 g/mol. The highest BCUT2D eigenvalue weighted by atomic mass is 16.4. The molecule has 3 heterocycles. The zero-order valence-corrected chi connectivity index (χ0v) is 22.9. The molecule has 0 saturated heterocycles. The van der Waals surface area contributed by atoms with Crippen molar-refractivity contribution in [3.05, 3.63) is 133 Å². The first-order chi connectivity index (χ1) is 21.3. The molecule has 0 aliphatic carbocycles. The van der Waals surface area contributed by atoms with Crippen LogP contribution in [0.3, 0.4) is 0 Å². The van der Waals surface area contributed by atoms with Gasteiger partial charge in [0.25, 0.3) is 0 Å². The SMILES string of the molecule is c1ccc2c(c1)cc(-c1ccc3c(c1)c1ccccc1n3-c1nc3ccc4oc5ccccc5c4c3o1)c1ccccc12. The number of fused-ring (bicyclic) bond motifs is 11. The zero-order valence-electron chi connectivity index (χ0n) is 22.9. The molecule has 4 heteroatoms. The number of hydrogen-bond acceptors (Lipinski definition) is 3. The summed E-state index contributed by atoms with van der Waals surface area (Å²) in [6.07, 6.45) is 0. The monoisotopic (exact) mass is 550 g/mol. The van der Waals surface area contributed by atoms with E-state index in [0.717, 1.165) is 54.8 Å². The second kappa shape index (κ2) is 8.34. The first kappa shape index (κ1) is 22.8. The van der Waals surface area contributed by atoms with Gasteiger partial charge in [0.1, 0.15) is 16.7 Å². The molecule has 10 aromatic rings. The molecule has 0 N–H and O–H groups in total. The molecular formula is C39H22N2O2. The Balaban J connectivity index is 1.25. The van der Waals surface area contributed by atoms with Gasteiger partial charge in [0.05, 0.1) is 16.4 Å². The fourth-order valence-electron chi connectivity index (χ4n) is 6.92. The lowest BCUT2D eigenvalue weighted by Gasteiger charge is -2.11. The number of nitrogens with zero attached hydrogens (tertiary/aromatic N) is 2. The summed E-state index contributed by atoms with van der Waals surface area (Å²) in [5, 5.41) is 9.33. The third kappa shape index (κ3) is 3.12. The van der Waals surface area contributed by atoms with Crippen molar-refractivity contribution in [2.24, 2.45) is 0 Å². The molecule has 0 fully saturated rings. The second-order valence-electron chi connectivity index (χ2n) is 11.2. The molecule has 7 aromatic carbocycles. The molecule has 10 rings (SSSR count). The molecule has 4 nitrogen and oxygen atoms in total. The quantitative estimate of drug-likeness (QED) is 0.201. The summed E-state index contributed by atoms with van der Waals surface area (Å²) in [5.41, 5.74) is 7.69. The van der Waals surface area contributed by atoms with Crippen LogP contribution in [0, 0.1) is 0 Å². The van der Waals surface area contributed by atoms with Gasteiger partial charge in [-0.1, -0.05) is 91.0 Å². The van der Waals surface area contributed by atoms with Crippen LogP contribution < -0.4 is 0 Å². The summed E-state index contributed by atoms with van der Waals surface area (Å²) >= 11 is 0. The van der Waals surface area contributed by atoms with Crippen molar-refractivity contribution >= 4 is 76.4 Å². The Morgan fingerprint density at radius 2 is 1.21 bits per heavy atom. The highest BCUT2D eigenvalue weighted by molar-refractivity contribution is 6.17.